The monoisotopic (exact) mass is 587 g/mol. The number of para-hydroxylation sites is 4. The van der Waals surface area contributed by atoms with E-state index in [9.17, 15) is 0 Å². The summed E-state index contributed by atoms with van der Waals surface area (Å²) in [7, 11) is 2.17. The first-order valence-corrected chi connectivity index (χ1v) is 15.8. The predicted octanol–water partition coefficient (Wildman–Crippen LogP) is 11.2. The van der Waals surface area contributed by atoms with E-state index in [1.807, 2.05) is 0 Å². The molecule has 3 heteroatoms. The Hall–Kier alpha value is -6.06. The van der Waals surface area contributed by atoms with E-state index in [4.69, 9.17) is 0 Å². The molecule has 0 N–H and O–H groups in total. The molecule has 0 bridgehead atoms. The third-order valence-corrected chi connectivity index (χ3v) is 9.85. The maximum atomic E-state index is 2.42. The lowest BCUT2D eigenvalue weighted by Crippen LogP contribution is -1.95. The Morgan fingerprint density at radius 1 is 0.304 bits per heavy atom. The number of hydrogen-bond acceptors (Lipinski definition) is 0. The second-order valence-electron chi connectivity index (χ2n) is 12.3. The molecule has 3 nitrogen and oxygen atoms in total. The third kappa shape index (κ3) is 3.48. The van der Waals surface area contributed by atoms with Gasteiger partial charge in [0, 0.05) is 56.3 Å². The van der Waals surface area contributed by atoms with Gasteiger partial charge in [0.15, 0.2) is 0 Å². The normalized spacial score (nSPS) is 12.0. The minimum atomic E-state index is 1.17. The zero-order chi connectivity index (χ0) is 30.4. The molecule has 10 rings (SSSR count). The summed E-state index contributed by atoms with van der Waals surface area (Å²) in [5, 5.41) is 7.64. The first-order valence-electron chi connectivity index (χ1n) is 15.8. The van der Waals surface area contributed by atoms with Gasteiger partial charge in [-0.05, 0) is 77.9 Å². The number of aryl methyl sites for hydroxylation is 1. The van der Waals surface area contributed by atoms with E-state index in [-0.39, 0.29) is 0 Å². The van der Waals surface area contributed by atoms with Crippen LogP contribution in [0.15, 0.2) is 158 Å². The van der Waals surface area contributed by atoms with Crippen LogP contribution < -0.4 is 0 Å². The summed E-state index contributed by atoms with van der Waals surface area (Å²) in [5.74, 6) is 0. The van der Waals surface area contributed by atoms with E-state index < -0.39 is 0 Å². The van der Waals surface area contributed by atoms with Gasteiger partial charge in [-0.1, -0.05) is 91.0 Å². The fourth-order valence-corrected chi connectivity index (χ4v) is 7.73. The van der Waals surface area contributed by atoms with E-state index in [2.05, 4.69) is 178 Å². The van der Waals surface area contributed by atoms with Crippen LogP contribution in [-0.2, 0) is 7.05 Å². The van der Waals surface area contributed by atoms with Crippen LogP contribution in [0, 0.1) is 0 Å². The molecule has 0 spiro atoms. The van der Waals surface area contributed by atoms with Gasteiger partial charge in [0.1, 0.15) is 0 Å². The van der Waals surface area contributed by atoms with Gasteiger partial charge in [-0.2, -0.15) is 0 Å². The summed E-state index contributed by atoms with van der Waals surface area (Å²) in [4.78, 5) is 0. The Balaban J connectivity index is 1.17. The number of aromatic nitrogens is 3. The molecule has 0 aliphatic heterocycles. The predicted molar refractivity (Wildman–Crippen MR) is 195 cm³/mol. The van der Waals surface area contributed by atoms with Gasteiger partial charge in [-0.3, -0.25) is 0 Å². The summed E-state index contributed by atoms with van der Waals surface area (Å²) >= 11 is 0. The molecule has 0 aliphatic rings. The molecule has 0 atom stereocenters. The van der Waals surface area contributed by atoms with Crippen LogP contribution in [0.1, 0.15) is 0 Å². The smallest absolute Gasteiger partial charge is 0.0541 e. The molecular weight excluding hydrogens is 558 g/mol. The topological polar surface area (TPSA) is 14.8 Å². The van der Waals surface area contributed by atoms with Crippen molar-refractivity contribution in [1.82, 2.24) is 13.7 Å². The van der Waals surface area contributed by atoms with Crippen LogP contribution in [0.3, 0.4) is 0 Å². The van der Waals surface area contributed by atoms with Gasteiger partial charge in [0.05, 0.1) is 27.6 Å². The molecule has 7 aromatic carbocycles. The fourth-order valence-electron chi connectivity index (χ4n) is 7.73. The van der Waals surface area contributed by atoms with Gasteiger partial charge in [0.2, 0.25) is 0 Å². The molecular formula is C43H29N3. The lowest BCUT2D eigenvalue weighted by Gasteiger charge is -2.10. The Bertz CT molecular complexity index is 2810. The third-order valence-electron chi connectivity index (χ3n) is 9.85. The molecule has 0 unspecified atom stereocenters. The summed E-state index contributed by atoms with van der Waals surface area (Å²) in [6.07, 6.45) is 0. The van der Waals surface area contributed by atoms with Crippen LogP contribution in [0.2, 0.25) is 0 Å². The Kier molecular flexibility index (Phi) is 5.20. The van der Waals surface area contributed by atoms with Gasteiger partial charge in [0.25, 0.3) is 0 Å². The largest absolute Gasteiger partial charge is 0.344 e. The average Bonchev–Trinajstić information content (AvgIpc) is 3.73. The van der Waals surface area contributed by atoms with Gasteiger partial charge in [-0.25, -0.2) is 0 Å². The molecule has 0 saturated carbocycles. The van der Waals surface area contributed by atoms with Crippen molar-refractivity contribution in [3.05, 3.63) is 158 Å². The van der Waals surface area contributed by atoms with Crippen molar-refractivity contribution in [3.63, 3.8) is 0 Å². The van der Waals surface area contributed by atoms with Gasteiger partial charge < -0.3 is 13.7 Å². The highest BCUT2D eigenvalue weighted by atomic mass is 15.0. The molecule has 46 heavy (non-hydrogen) atoms. The Labute approximate surface area is 265 Å². The van der Waals surface area contributed by atoms with E-state index >= 15 is 0 Å². The van der Waals surface area contributed by atoms with E-state index in [0.717, 1.165) is 0 Å². The van der Waals surface area contributed by atoms with Crippen molar-refractivity contribution in [2.24, 2.45) is 7.05 Å². The molecule has 0 amide bonds. The zero-order valence-electron chi connectivity index (χ0n) is 25.4. The van der Waals surface area contributed by atoms with Crippen LogP contribution >= 0.6 is 0 Å². The Morgan fingerprint density at radius 2 is 0.761 bits per heavy atom. The summed E-state index contributed by atoms with van der Waals surface area (Å²) < 4.78 is 7.10. The van der Waals surface area contributed by atoms with Crippen molar-refractivity contribution in [3.8, 4) is 22.5 Å². The van der Waals surface area contributed by atoms with Crippen molar-refractivity contribution in [2.45, 2.75) is 0 Å². The minimum Gasteiger partial charge on any atom is -0.344 e. The van der Waals surface area contributed by atoms with Crippen molar-refractivity contribution in [1.29, 1.82) is 0 Å². The van der Waals surface area contributed by atoms with E-state index in [1.54, 1.807) is 0 Å². The quantitative estimate of drug-likeness (QED) is 0.195. The van der Waals surface area contributed by atoms with Gasteiger partial charge in [-0.15, -0.1) is 0 Å². The van der Waals surface area contributed by atoms with Crippen LogP contribution in [0.4, 0.5) is 0 Å². The molecule has 216 valence electrons. The van der Waals surface area contributed by atoms with Crippen LogP contribution in [0.5, 0.6) is 0 Å². The molecule has 0 aliphatic carbocycles. The van der Waals surface area contributed by atoms with Crippen LogP contribution in [-0.4, -0.2) is 13.7 Å². The van der Waals surface area contributed by atoms with E-state index in [0.29, 0.717) is 0 Å². The standard InChI is InChI=1S/C43H29N3/c1-44-38-16-8-5-13-32(38)35-22-21-31(27-43(35)44)46-40-18-10-7-15-34(40)37-26-29(20-24-42(37)46)28-19-23-41-36(25-28)33-14-6-9-17-39(33)45(41)30-11-3-2-4-12-30/h2-27H,1H3. The summed E-state index contributed by atoms with van der Waals surface area (Å²) in [6.45, 7) is 0. The first-order chi connectivity index (χ1) is 22.7. The van der Waals surface area contributed by atoms with Gasteiger partial charge >= 0.3 is 0 Å². The van der Waals surface area contributed by atoms with Crippen LogP contribution in [0.25, 0.3) is 87.9 Å². The summed E-state index contributed by atoms with van der Waals surface area (Å²) in [6, 6.07) is 57.6. The lowest BCUT2D eigenvalue weighted by atomic mass is 10.0. The van der Waals surface area contributed by atoms with E-state index in [1.165, 1.54) is 87.9 Å². The zero-order valence-corrected chi connectivity index (χ0v) is 25.4. The second kappa shape index (κ2) is 9.47. The number of fused-ring (bicyclic) bond motifs is 9. The van der Waals surface area contributed by atoms with Crippen molar-refractivity contribution >= 4 is 65.4 Å². The fraction of sp³-hybridized carbons (Fsp3) is 0.0233. The molecule has 0 radical (unpaired) electrons. The highest BCUT2D eigenvalue weighted by molar-refractivity contribution is 6.13. The maximum absolute atomic E-state index is 2.42. The second-order valence-corrected chi connectivity index (χ2v) is 12.3. The number of rotatable bonds is 3. The summed E-state index contributed by atoms with van der Waals surface area (Å²) in [5.41, 5.74) is 12.2. The number of nitrogens with zero attached hydrogens (tertiary/aromatic N) is 3. The molecule has 3 aromatic heterocycles. The SMILES string of the molecule is Cn1c2ccccc2c2ccc(-n3c4ccccc4c4cc(-c5ccc6c(c5)c5ccccc5n6-c5ccccc5)ccc43)cc21. The lowest BCUT2D eigenvalue weighted by molar-refractivity contribution is 1.01. The molecule has 0 fully saturated rings. The highest BCUT2D eigenvalue weighted by Gasteiger charge is 2.17. The molecule has 3 heterocycles. The Morgan fingerprint density at radius 3 is 1.37 bits per heavy atom. The number of benzene rings is 7. The first kappa shape index (κ1) is 25.3. The maximum Gasteiger partial charge on any atom is 0.0541 e. The molecule has 10 aromatic rings. The highest BCUT2D eigenvalue weighted by Crippen LogP contribution is 2.39. The average molecular weight is 588 g/mol. The minimum absolute atomic E-state index is 1.17. The van der Waals surface area contributed by atoms with Crippen molar-refractivity contribution in [2.75, 3.05) is 0 Å². The number of hydrogen-bond donors (Lipinski definition) is 0. The molecule has 0 saturated heterocycles. The van der Waals surface area contributed by atoms with Crippen molar-refractivity contribution < 1.29 is 0 Å².